The lowest BCUT2D eigenvalue weighted by molar-refractivity contribution is 0.320. The highest BCUT2D eigenvalue weighted by molar-refractivity contribution is 7.88. The Morgan fingerprint density at radius 1 is 1.31 bits per heavy atom. The Labute approximate surface area is 92.3 Å². The fourth-order valence-electron chi connectivity index (χ4n) is 0.963. The quantitative estimate of drug-likeness (QED) is 0.791. The van der Waals surface area contributed by atoms with E-state index in [1.54, 1.807) is 0 Å². The van der Waals surface area contributed by atoms with E-state index in [4.69, 9.17) is 4.74 Å². The van der Waals surface area contributed by atoms with Crippen LogP contribution in [0.3, 0.4) is 0 Å². The van der Waals surface area contributed by atoms with Gasteiger partial charge in [0.25, 0.3) is 0 Å². The Morgan fingerprint density at radius 2 is 2.00 bits per heavy atom. The van der Waals surface area contributed by atoms with E-state index in [-0.39, 0.29) is 18.9 Å². The van der Waals surface area contributed by atoms with E-state index >= 15 is 0 Å². The van der Waals surface area contributed by atoms with Crippen molar-refractivity contribution in [2.75, 3.05) is 19.4 Å². The summed E-state index contributed by atoms with van der Waals surface area (Å²) >= 11 is 0. The zero-order valence-corrected chi connectivity index (χ0v) is 9.35. The number of sulfonamides is 1. The fourth-order valence-corrected chi connectivity index (χ4v) is 1.42. The largest absolute Gasteiger partial charge is 0.492 e. The number of ether oxygens (including phenoxy) is 1. The van der Waals surface area contributed by atoms with Gasteiger partial charge in [-0.05, 0) is 12.1 Å². The first-order chi connectivity index (χ1) is 7.38. The van der Waals surface area contributed by atoms with Crippen molar-refractivity contribution in [3.05, 3.63) is 29.8 Å². The predicted molar refractivity (Wildman–Crippen MR) is 54.7 cm³/mol. The minimum absolute atomic E-state index is 0.0398. The normalized spacial score (nSPS) is 11.4. The van der Waals surface area contributed by atoms with Gasteiger partial charge < -0.3 is 4.74 Å². The maximum absolute atomic E-state index is 12.7. The van der Waals surface area contributed by atoms with Crippen molar-refractivity contribution in [1.82, 2.24) is 4.72 Å². The number of hydrogen-bond donors (Lipinski definition) is 1. The van der Waals surface area contributed by atoms with Gasteiger partial charge in [-0.2, -0.15) is 0 Å². The van der Waals surface area contributed by atoms with Crippen molar-refractivity contribution in [3.8, 4) is 5.75 Å². The highest BCUT2D eigenvalue weighted by Gasteiger charge is 2.03. The molecular formula is C9H11F2NO3S. The smallest absolute Gasteiger partial charge is 0.208 e. The van der Waals surface area contributed by atoms with Crippen LogP contribution in [0.2, 0.25) is 0 Å². The second-order valence-electron chi connectivity index (χ2n) is 3.09. The summed E-state index contributed by atoms with van der Waals surface area (Å²) < 4.78 is 53.8. The third-order valence-corrected chi connectivity index (χ3v) is 2.35. The molecule has 0 aliphatic heterocycles. The summed E-state index contributed by atoms with van der Waals surface area (Å²) in [6.07, 6.45) is 1.02. The molecule has 0 aromatic heterocycles. The molecule has 1 aromatic carbocycles. The van der Waals surface area contributed by atoms with E-state index in [2.05, 4.69) is 4.72 Å². The second-order valence-corrected chi connectivity index (χ2v) is 4.92. The molecule has 4 nitrogen and oxygen atoms in total. The molecule has 1 aromatic rings. The molecule has 0 atom stereocenters. The maximum atomic E-state index is 12.7. The summed E-state index contributed by atoms with van der Waals surface area (Å²) in [4.78, 5) is 0. The van der Waals surface area contributed by atoms with Crippen molar-refractivity contribution < 1.29 is 21.9 Å². The topological polar surface area (TPSA) is 55.4 Å². The first kappa shape index (κ1) is 12.9. The Kier molecular flexibility index (Phi) is 4.19. The van der Waals surface area contributed by atoms with Gasteiger partial charge in [0.1, 0.15) is 12.4 Å². The average molecular weight is 251 g/mol. The van der Waals surface area contributed by atoms with E-state index in [1.807, 2.05) is 0 Å². The highest BCUT2D eigenvalue weighted by atomic mass is 32.2. The molecule has 0 fully saturated rings. The Bertz CT molecular complexity index is 462. The number of benzene rings is 1. The SMILES string of the molecule is CS(=O)(=O)NCCOc1ccc(F)c(F)c1. The van der Waals surface area contributed by atoms with Crippen LogP contribution in [0.15, 0.2) is 18.2 Å². The lowest BCUT2D eigenvalue weighted by Gasteiger charge is -2.06. The van der Waals surface area contributed by atoms with Crippen molar-refractivity contribution in [2.45, 2.75) is 0 Å². The molecule has 0 amide bonds. The summed E-state index contributed by atoms with van der Waals surface area (Å²) in [5.41, 5.74) is 0. The fraction of sp³-hybridized carbons (Fsp3) is 0.333. The minimum Gasteiger partial charge on any atom is -0.492 e. The zero-order valence-electron chi connectivity index (χ0n) is 8.54. The molecule has 0 heterocycles. The summed E-state index contributed by atoms with van der Waals surface area (Å²) in [7, 11) is -3.26. The minimum atomic E-state index is -3.26. The maximum Gasteiger partial charge on any atom is 0.208 e. The van der Waals surface area contributed by atoms with Gasteiger partial charge >= 0.3 is 0 Å². The Balaban J connectivity index is 2.41. The molecule has 0 radical (unpaired) electrons. The number of nitrogens with one attached hydrogen (secondary N) is 1. The van der Waals surface area contributed by atoms with Gasteiger partial charge in [-0.1, -0.05) is 0 Å². The molecule has 0 saturated carbocycles. The lowest BCUT2D eigenvalue weighted by atomic mass is 10.3. The summed E-state index contributed by atoms with van der Waals surface area (Å²) in [6, 6.07) is 3.10. The Morgan fingerprint density at radius 3 is 2.56 bits per heavy atom. The van der Waals surface area contributed by atoms with Gasteiger partial charge in [0, 0.05) is 12.6 Å². The standard InChI is InChI=1S/C9H11F2NO3S/c1-16(13,14)12-4-5-15-7-2-3-8(10)9(11)6-7/h2-3,6,12H,4-5H2,1H3. The Hall–Kier alpha value is -1.21. The third kappa shape index (κ3) is 4.54. The summed E-state index contributed by atoms with van der Waals surface area (Å²) in [5, 5.41) is 0. The van der Waals surface area contributed by atoms with Crippen molar-refractivity contribution in [2.24, 2.45) is 0 Å². The molecule has 0 spiro atoms. The molecule has 90 valence electrons. The molecule has 16 heavy (non-hydrogen) atoms. The molecule has 0 aliphatic rings. The van der Waals surface area contributed by atoms with E-state index in [0.717, 1.165) is 18.4 Å². The van der Waals surface area contributed by atoms with Crippen LogP contribution in [0.4, 0.5) is 8.78 Å². The second kappa shape index (κ2) is 5.22. The van der Waals surface area contributed by atoms with Crippen LogP contribution < -0.4 is 9.46 Å². The number of hydrogen-bond acceptors (Lipinski definition) is 3. The van der Waals surface area contributed by atoms with Crippen LogP contribution in [-0.4, -0.2) is 27.8 Å². The van der Waals surface area contributed by atoms with Crippen LogP contribution in [0.5, 0.6) is 5.75 Å². The van der Waals surface area contributed by atoms with Gasteiger partial charge in [-0.3, -0.25) is 0 Å². The molecule has 0 saturated heterocycles. The van der Waals surface area contributed by atoms with Crippen molar-refractivity contribution >= 4 is 10.0 Å². The summed E-state index contributed by atoms with van der Waals surface area (Å²) in [6.45, 7) is 0.107. The molecule has 0 bridgehead atoms. The molecular weight excluding hydrogens is 240 g/mol. The van der Waals surface area contributed by atoms with Crippen LogP contribution in [0.1, 0.15) is 0 Å². The summed E-state index contributed by atoms with van der Waals surface area (Å²) in [5.74, 6) is -1.82. The van der Waals surface area contributed by atoms with Gasteiger partial charge in [-0.15, -0.1) is 0 Å². The predicted octanol–water partition coefficient (Wildman–Crippen LogP) is 0.893. The van der Waals surface area contributed by atoms with Crippen molar-refractivity contribution in [3.63, 3.8) is 0 Å². The number of halogens is 2. The van der Waals surface area contributed by atoms with Gasteiger partial charge in [0.05, 0.1) is 6.26 Å². The molecule has 0 aliphatic carbocycles. The van der Waals surface area contributed by atoms with Crippen LogP contribution in [-0.2, 0) is 10.0 Å². The van der Waals surface area contributed by atoms with Gasteiger partial charge in [-0.25, -0.2) is 21.9 Å². The van der Waals surface area contributed by atoms with E-state index in [9.17, 15) is 17.2 Å². The highest BCUT2D eigenvalue weighted by Crippen LogP contribution is 2.14. The van der Waals surface area contributed by atoms with Gasteiger partial charge in [0.2, 0.25) is 10.0 Å². The monoisotopic (exact) mass is 251 g/mol. The first-order valence-corrected chi connectivity index (χ1v) is 6.30. The average Bonchev–Trinajstić information content (AvgIpc) is 2.17. The third-order valence-electron chi connectivity index (χ3n) is 1.63. The van der Waals surface area contributed by atoms with Crippen LogP contribution in [0, 0.1) is 11.6 Å². The van der Waals surface area contributed by atoms with Crippen LogP contribution >= 0.6 is 0 Å². The van der Waals surface area contributed by atoms with Gasteiger partial charge in [0.15, 0.2) is 11.6 Å². The molecule has 1 N–H and O–H groups in total. The zero-order chi connectivity index (χ0) is 12.2. The van der Waals surface area contributed by atoms with E-state index in [0.29, 0.717) is 0 Å². The molecule has 7 heteroatoms. The van der Waals surface area contributed by atoms with Crippen molar-refractivity contribution in [1.29, 1.82) is 0 Å². The number of rotatable bonds is 5. The van der Waals surface area contributed by atoms with E-state index in [1.165, 1.54) is 6.07 Å². The first-order valence-electron chi connectivity index (χ1n) is 4.41. The molecule has 1 rings (SSSR count). The lowest BCUT2D eigenvalue weighted by Crippen LogP contribution is -2.26. The van der Waals surface area contributed by atoms with E-state index < -0.39 is 21.7 Å². The molecule has 0 unspecified atom stereocenters. The van der Waals surface area contributed by atoms with Crippen LogP contribution in [0.25, 0.3) is 0 Å².